The van der Waals surface area contributed by atoms with E-state index >= 15 is 0 Å². The van der Waals surface area contributed by atoms with Crippen LogP contribution in [0.5, 0.6) is 0 Å². The second-order valence-electron chi connectivity index (χ2n) is 6.93. The molecule has 1 aliphatic rings. The Balaban J connectivity index is 2.46. The van der Waals surface area contributed by atoms with Crippen molar-refractivity contribution in [1.82, 2.24) is 9.80 Å². The quantitative estimate of drug-likeness (QED) is 0.734. The molecule has 0 bridgehead atoms. The van der Waals surface area contributed by atoms with Gasteiger partial charge < -0.3 is 15.5 Å². The predicted molar refractivity (Wildman–Crippen MR) is 84.4 cm³/mol. The zero-order valence-electron chi connectivity index (χ0n) is 13.6. The maximum Gasteiger partial charge on any atom is 0.00501 e. The monoisotopic (exact) mass is 269 g/mol. The molecular weight excluding hydrogens is 234 g/mol. The summed E-state index contributed by atoms with van der Waals surface area (Å²) in [7, 11) is 4.31. The third-order valence-corrected chi connectivity index (χ3v) is 4.70. The lowest BCUT2D eigenvalue weighted by molar-refractivity contribution is 0.0891. The first-order valence-electron chi connectivity index (χ1n) is 8.08. The van der Waals surface area contributed by atoms with Crippen molar-refractivity contribution in [3.05, 3.63) is 0 Å². The Bertz CT molecular complexity index is 242. The van der Waals surface area contributed by atoms with E-state index in [-0.39, 0.29) is 0 Å². The van der Waals surface area contributed by atoms with Gasteiger partial charge in [-0.05, 0) is 70.9 Å². The summed E-state index contributed by atoms with van der Waals surface area (Å²) >= 11 is 0. The average molecular weight is 269 g/mol. The second-order valence-corrected chi connectivity index (χ2v) is 6.93. The normalized spacial score (nSPS) is 28.3. The Kier molecular flexibility index (Phi) is 7.33. The van der Waals surface area contributed by atoms with Gasteiger partial charge in [0.1, 0.15) is 0 Å². The van der Waals surface area contributed by atoms with E-state index in [0.29, 0.717) is 5.41 Å². The number of rotatable bonds is 8. The molecule has 0 heterocycles. The number of hydrogen-bond acceptors (Lipinski definition) is 3. The molecule has 0 radical (unpaired) electrons. The topological polar surface area (TPSA) is 32.5 Å². The van der Waals surface area contributed by atoms with Crippen LogP contribution < -0.4 is 5.73 Å². The molecule has 0 aromatic rings. The molecule has 1 fully saturated rings. The van der Waals surface area contributed by atoms with Gasteiger partial charge in [-0.25, -0.2) is 0 Å². The molecule has 1 saturated carbocycles. The smallest absolute Gasteiger partial charge is 0.00501 e. The minimum atomic E-state index is 0.395. The molecule has 0 aromatic carbocycles. The molecule has 0 aromatic heterocycles. The van der Waals surface area contributed by atoms with Crippen molar-refractivity contribution in [2.75, 3.05) is 46.8 Å². The van der Waals surface area contributed by atoms with Gasteiger partial charge in [0.2, 0.25) is 0 Å². The average Bonchev–Trinajstić information content (AvgIpc) is 2.37. The first-order valence-corrected chi connectivity index (χ1v) is 8.08. The van der Waals surface area contributed by atoms with Crippen LogP contribution in [-0.4, -0.2) is 56.6 Å². The second kappa shape index (κ2) is 8.23. The van der Waals surface area contributed by atoms with Crippen LogP contribution in [-0.2, 0) is 0 Å². The van der Waals surface area contributed by atoms with Crippen molar-refractivity contribution in [2.45, 2.75) is 46.0 Å². The summed E-state index contributed by atoms with van der Waals surface area (Å²) in [5.41, 5.74) is 6.54. The molecule has 0 spiro atoms. The molecule has 3 heteroatoms. The molecule has 0 saturated heterocycles. The molecule has 2 N–H and O–H groups in total. The SMILES string of the molecule is CCN(CCCN(C)C)CC1(CN)CCCC(C)C1. The first kappa shape index (κ1) is 16.9. The van der Waals surface area contributed by atoms with Crippen molar-refractivity contribution in [3.8, 4) is 0 Å². The van der Waals surface area contributed by atoms with E-state index in [0.717, 1.165) is 19.0 Å². The van der Waals surface area contributed by atoms with Crippen LogP contribution in [0.25, 0.3) is 0 Å². The third-order valence-electron chi connectivity index (χ3n) is 4.70. The van der Waals surface area contributed by atoms with Gasteiger partial charge in [-0.15, -0.1) is 0 Å². The fourth-order valence-corrected chi connectivity index (χ4v) is 3.60. The first-order chi connectivity index (χ1) is 9.01. The highest BCUT2D eigenvalue weighted by molar-refractivity contribution is 4.88. The van der Waals surface area contributed by atoms with Crippen LogP contribution in [0.15, 0.2) is 0 Å². The molecule has 0 amide bonds. The van der Waals surface area contributed by atoms with Crippen molar-refractivity contribution >= 4 is 0 Å². The van der Waals surface area contributed by atoms with Gasteiger partial charge in [0, 0.05) is 6.54 Å². The molecule has 2 atom stereocenters. The van der Waals surface area contributed by atoms with Crippen LogP contribution >= 0.6 is 0 Å². The van der Waals surface area contributed by atoms with Gasteiger partial charge in [0.15, 0.2) is 0 Å². The molecular formula is C16H35N3. The van der Waals surface area contributed by atoms with E-state index in [2.05, 4.69) is 37.7 Å². The highest BCUT2D eigenvalue weighted by atomic mass is 15.1. The van der Waals surface area contributed by atoms with Gasteiger partial charge in [0.05, 0.1) is 0 Å². The Hall–Kier alpha value is -0.120. The van der Waals surface area contributed by atoms with Crippen LogP contribution in [0.2, 0.25) is 0 Å². The molecule has 2 unspecified atom stereocenters. The number of nitrogens with zero attached hydrogens (tertiary/aromatic N) is 2. The van der Waals surface area contributed by atoms with E-state index in [1.165, 1.54) is 51.7 Å². The molecule has 3 nitrogen and oxygen atoms in total. The van der Waals surface area contributed by atoms with Gasteiger partial charge in [0.25, 0.3) is 0 Å². The molecule has 1 aliphatic carbocycles. The lowest BCUT2D eigenvalue weighted by Gasteiger charge is -2.42. The standard InChI is InChI=1S/C16H35N3/c1-5-19(11-7-10-18(3)4)14-16(13-17)9-6-8-15(2)12-16/h15H,5-14,17H2,1-4H3. The highest BCUT2D eigenvalue weighted by Crippen LogP contribution is 2.39. The summed E-state index contributed by atoms with van der Waals surface area (Å²) in [6.07, 6.45) is 6.69. The van der Waals surface area contributed by atoms with Crippen molar-refractivity contribution in [1.29, 1.82) is 0 Å². The Morgan fingerprint density at radius 3 is 2.53 bits per heavy atom. The van der Waals surface area contributed by atoms with E-state index < -0.39 is 0 Å². The zero-order chi connectivity index (χ0) is 14.3. The largest absolute Gasteiger partial charge is 0.330 e. The molecule has 0 aliphatic heterocycles. The summed E-state index contributed by atoms with van der Waals surface area (Å²) in [5, 5.41) is 0. The lowest BCUT2D eigenvalue weighted by atomic mass is 9.69. The Morgan fingerprint density at radius 1 is 1.26 bits per heavy atom. The molecule has 1 rings (SSSR count). The minimum absolute atomic E-state index is 0.395. The fraction of sp³-hybridized carbons (Fsp3) is 1.00. The maximum atomic E-state index is 6.15. The molecule has 114 valence electrons. The maximum absolute atomic E-state index is 6.15. The van der Waals surface area contributed by atoms with Crippen LogP contribution in [0.3, 0.4) is 0 Å². The number of hydrogen-bond donors (Lipinski definition) is 1. The summed E-state index contributed by atoms with van der Waals surface area (Å²) in [4.78, 5) is 4.89. The van der Waals surface area contributed by atoms with E-state index in [1.807, 2.05) is 0 Å². The number of nitrogens with two attached hydrogens (primary N) is 1. The van der Waals surface area contributed by atoms with Crippen molar-refractivity contribution in [3.63, 3.8) is 0 Å². The summed E-state index contributed by atoms with van der Waals surface area (Å²) < 4.78 is 0. The van der Waals surface area contributed by atoms with Gasteiger partial charge in [-0.1, -0.05) is 26.7 Å². The van der Waals surface area contributed by atoms with Gasteiger partial charge >= 0.3 is 0 Å². The van der Waals surface area contributed by atoms with Crippen molar-refractivity contribution < 1.29 is 0 Å². The zero-order valence-corrected chi connectivity index (χ0v) is 13.6. The van der Waals surface area contributed by atoms with Gasteiger partial charge in [-0.3, -0.25) is 0 Å². The predicted octanol–water partition coefficient (Wildman–Crippen LogP) is 2.42. The fourth-order valence-electron chi connectivity index (χ4n) is 3.60. The van der Waals surface area contributed by atoms with Crippen molar-refractivity contribution in [2.24, 2.45) is 17.1 Å². The highest BCUT2D eigenvalue weighted by Gasteiger charge is 2.34. The summed E-state index contributed by atoms with van der Waals surface area (Å²) in [5.74, 6) is 0.859. The van der Waals surface area contributed by atoms with Crippen LogP contribution in [0, 0.1) is 11.3 Å². The van der Waals surface area contributed by atoms with E-state index in [4.69, 9.17) is 5.73 Å². The Labute approximate surface area is 120 Å². The minimum Gasteiger partial charge on any atom is -0.330 e. The van der Waals surface area contributed by atoms with Crippen LogP contribution in [0.4, 0.5) is 0 Å². The third kappa shape index (κ3) is 5.80. The van der Waals surface area contributed by atoms with E-state index in [9.17, 15) is 0 Å². The van der Waals surface area contributed by atoms with E-state index in [1.54, 1.807) is 0 Å². The van der Waals surface area contributed by atoms with Crippen LogP contribution in [0.1, 0.15) is 46.0 Å². The Morgan fingerprint density at radius 2 is 2.00 bits per heavy atom. The molecule has 19 heavy (non-hydrogen) atoms. The summed E-state index contributed by atoms with van der Waals surface area (Å²) in [6.45, 7) is 10.3. The summed E-state index contributed by atoms with van der Waals surface area (Å²) in [6, 6.07) is 0. The van der Waals surface area contributed by atoms with Gasteiger partial charge in [-0.2, -0.15) is 0 Å². The lowest BCUT2D eigenvalue weighted by Crippen LogP contribution is -2.45.